The Morgan fingerprint density at radius 2 is 1.92 bits per heavy atom. The molecule has 0 bridgehead atoms. The molecule has 64 valence electrons. The van der Waals surface area contributed by atoms with E-state index in [0.717, 1.165) is 17.7 Å². The monoisotopic (exact) mass is 163 g/mol. The molecule has 2 N–H and O–H groups in total. The number of nitrogens with two attached hydrogens (primary N) is 1. The number of hydrogen-bond donors (Lipinski definition) is 1. The molecule has 0 aromatic heterocycles. The molecule has 0 atom stereocenters. The molecule has 0 saturated carbocycles. The molecule has 0 unspecified atom stereocenters. The fraction of sp³-hybridized carbons (Fsp3) is 0.100. The molecule has 0 fully saturated rings. The normalized spacial score (nSPS) is 8.00. The van der Waals surface area contributed by atoms with Crippen molar-refractivity contribution in [3.63, 3.8) is 0 Å². The lowest BCUT2D eigenvalue weighted by Crippen LogP contribution is -1.90. The van der Waals surface area contributed by atoms with Crippen LogP contribution in [0, 0.1) is 0 Å². The van der Waals surface area contributed by atoms with E-state index in [2.05, 4.69) is 6.58 Å². The van der Waals surface area contributed by atoms with Crippen LogP contribution in [0.4, 0.5) is 5.69 Å². The minimum Gasteiger partial charge on any atom is -0.398 e. The summed E-state index contributed by atoms with van der Waals surface area (Å²) in [7, 11) is 0. The van der Waals surface area contributed by atoms with Crippen molar-refractivity contribution in [3.05, 3.63) is 42.5 Å². The SMILES string of the molecule is C=CCc1ccccc1N.C=O. The minimum absolute atomic E-state index is 0.849. The van der Waals surface area contributed by atoms with Gasteiger partial charge in [0, 0.05) is 5.69 Å². The summed E-state index contributed by atoms with van der Waals surface area (Å²) in [4.78, 5) is 8.00. The Balaban J connectivity index is 0.000000561. The highest BCUT2D eigenvalue weighted by atomic mass is 16.1. The molecule has 0 aliphatic heterocycles. The Morgan fingerprint density at radius 3 is 2.42 bits per heavy atom. The lowest BCUT2D eigenvalue weighted by Gasteiger charge is -1.99. The molecule has 2 heteroatoms. The quantitative estimate of drug-likeness (QED) is 0.533. The van der Waals surface area contributed by atoms with Crippen molar-refractivity contribution in [1.29, 1.82) is 0 Å². The molecule has 2 nitrogen and oxygen atoms in total. The lowest BCUT2D eigenvalue weighted by atomic mass is 10.1. The third kappa shape index (κ3) is 3.01. The first-order valence-electron chi connectivity index (χ1n) is 3.57. The summed E-state index contributed by atoms with van der Waals surface area (Å²) in [6, 6.07) is 7.83. The van der Waals surface area contributed by atoms with Gasteiger partial charge in [0.15, 0.2) is 0 Å². The van der Waals surface area contributed by atoms with Crippen molar-refractivity contribution < 1.29 is 4.79 Å². The number of carbonyl (C=O) groups is 1. The maximum Gasteiger partial charge on any atom is 0.106 e. The van der Waals surface area contributed by atoms with E-state index in [-0.39, 0.29) is 0 Å². The van der Waals surface area contributed by atoms with Gasteiger partial charge in [-0.2, -0.15) is 0 Å². The fourth-order valence-electron chi connectivity index (χ4n) is 0.876. The molecule has 12 heavy (non-hydrogen) atoms. The topological polar surface area (TPSA) is 43.1 Å². The number of para-hydroxylation sites is 1. The number of rotatable bonds is 2. The second kappa shape index (κ2) is 6.16. The van der Waals surface area contributed by atoms with Crippen LogP contribution in [0.5, 0.6) is 0 Å². The number of anilines is 1. The van der Waals surface area contributed by atoms with Gasteiger partial charge in [-0.05, 0) is 18.1 Å². The van der Waals surface area contributed by atoms with E-state index < -0.39 is 0 Å². The summed E-state index contributed by atoms with van der Waals surface area (Å²) >= 11 is 0. The first-order valence-corrected chi connectivity index (χ1v) is 3.57. The van der Waals surface area contributed by atoms with Crippen molar-refractivity contribution in [2.75, 3.05) is 5.73 Å². The van der Waals surface area contributed by atoms with Crippen molar-refractivity contribution >= 4 is 12.5 Å². The molecular weight excluding hydrogens is 150 g/mol. The van der Waals surface area contributed by atoms with E-state index >= 15 is 0 Å². The average molecular weight is 163 g/mol. The first-order chi connectivity index (χ1) is 5.84. The predicted molar refractivity (Wildman–Crippen MR) is 51.9 cm³/mol. The molecule has 0 spiro atoms. The van der Waals surface area contributed by atoms with Crippen LogP contribution in [-0.4, -0.2) is 6.79 Å². The Kier molecular flexibility index (Phi) is 5.35. The second-order valence-corrected chi connectivity index (χ2v) is 2.19. The summed E-state index contributed by atoms with van der Waals surface area (Å²) < 4.78 is 0. The third-order valence-electron chi connectivity index (χ3n) is 1.42. The molecule has 0 radical (unpaired) electrons. The average Bonchev–Trinajstić information content (AvgIpc) is 2.13. The lowest BCUT2D eigenvalue weighted by molar-refractivity contribution is -0.0979. The smallest absolute Gasteiger partial charge is 0.106 e. The number of hydrogen-bond acceptors (Lipinski definition) is 2. The van der Waals surface area contributed by atoms with Gasteiger partial charge in [-0.1, -0.05) is 24.3 Å². The van der Waals surface area contributed by atoms with Crippen LogP contribution in [-0.2, 0) is 11.2 Å². The van der Waals surface area contributed by atoms with Gasteiger partial charge in [-0.15, -0.1) is 6.58 Å². The second-order valence-electron chi connectivity index (χ2n) is 2.19. The fourth-order valence-corrected chi connectivity index (χ4v) is 0.876. The van der Waals surface area contributed by atoms with Crippen LogP contribution in [0.1, 0.15) is 5.56 Å². The Labute approximate surface area is 72.7 Å². The molecule has 1 aromatic carbocycles. The number of allylic oxidation sites excluding steroid dienone is 1. The molecule has 1 rings (SSSR count). The number of carbonyl (C=O) groups excluding carboxylic acids is 1. The minimum atomic E-state index is 0.849. The molecule has 0 amide bonds. The molecule has 0 aliphatic carbocycles. The van der Waals surface area contributed by atoms with E-state index in [1.165, 1.54) is 0 Å². The van der Waals surface area contributed by atoms with Crippen LogP contribution in [0.25, 0.3) is 0 Å². The van der Waals surface area contributed by atoms with Crippen LogP contribution < -0.4 is 5.73 Å². The molecular formula is C10H13NO. The van der Waals surface area contributed by atoms with Crippen molar-refractivity contribution in [3.8, 4) is 0 Å². The Bertz CT molecular complexity index is 245. The summed E-state index contributed by atoms with van der Waals surface area (Å²) in [6.07, 6.45) is 2.71. The molecule has 0 aliphatic rings. The summed E-state index contributed by atoms with van der Waals surface area (Å²) in [5.41, 5.74) is 7.66. The van der Waals surface area contributed by atoms with Crippen LogP contribution in [0.3, 0.4) is 0 Å². The predicted octanol–water partition coefficient (Wildman–Crippen LogP) is 1.81. The van der Waals surface area contributed by atoms with Gasteiger partial charge in [-0.25, -0.2) is 0 Å². The van der Waals surface area contributed by atoms with Crippen molar-refractivity contribution in [2.45, 2.75) is 6.42 Å². The summed E-state index contributed by atoms with van der Waals surface area (Å²) in [5.74, 6) is 0. The van der Waals surface area contributed by atoms with Gasteiger partial charge in [0.25, 0.3) is 0 Å². The van der Waals surface area contributed by atoms with Crippen molar-refractivity contribution in [1.82, 2.24) is 0 Å². The van der Waals surface area contributed by atoms with Gasteiger partial charge in [-0.3, -0.25) is 0 Å². The molecule has 0 heterocycles. The molecule has 1 aromatic rings. The van der Waals surface area contributed by atoms with E-state index in [1.54, 1.807) is 0 Å². The van der Waals surface area contributed by atoms with Crippen LogP contribution in [0.15, 0.2) is 36.9 Å². The number of benzene rings is 1. The first kappa shape index (κ1) is 10.4. The van der Waals surface area contributed by atoms with Gasteiger partial charge in [0.1, 0.15) is 6.79 Å². The van der Waals surface area contributed by atoms with Crippen LogP contribution in [0.2, 0.25) is 0 Å². The van der Waals surface area contributed by atoms with Gasteiger partial charge in [0.2, 0.25) is 0 Å². The number of nitrogen functional groups attached to an aromatic ring is 1. The largest absolute Gasteiger partial charge is 0.398 e. The van der Waals surface area contributed by atoms with E-state index in [9.17, 15) is 0 Å². The van der Waals surface area contributed by atoms with Gasteiger partial charge in [0.05, 0.1) is 0 Å². The Morgan fingerprint density at radius 1 is 1.33 bits per heavy atom. The van der Waals surface area contributed by atoms with Gasteiger partial charge < -0.3 is 10.5 Å². The van der Waals surface area contributed by atoms with Crippen LogP contribution >= 0.6 is 0 Å². The zero-order valence-electron chi connectivity index (χ0n) is 6.99. The van der Waals surface area contributed by atoms with Gasteiger partial charge >= 0.3 is 0 Å². The Hall–Kier alpha value is -1.57. The zero-order valence-corrected chi connectivity index (χ0v) is 6.99. The maximum absolute atomic E-state index is 8.00. The standard InChI is InChI=1S/C9H11N.CH2O/c1-2-5-8-6-3-4-7-9(8)10;1-2/h2-4,6-7H,1,5,10H2;1H2. The zero-order chi connectivity index (χ0) is 9.40. The van der Waals surface area contributed by atoms with E-state index in [0.29, 0.717) is 0 Å². The maximum atomic E-state index is 8.00. The van der Waals surface area contributed by atoms with Crippen molar-refractivity contribution in [2.24, 2.45) is 0 Å². The summed E-state index contributed by atoms with van der Waals surface area (Å²) in [5, 5.41) is 0. The highest BCUT2D eigenvalue weighted by molar-refractivity contribution is 5.46. The third-order valence-corrected chi connectivity index (χ3v) is 1.42. The highest BCUT2D eigenvalue weighted by Crippen LogP contribution is 2.10. The van der Waals surface area contributed by atoms with E-state index in [4.69, 9.17) is 10.5 Å². The summed E-state index contributed by atoms with van der Waals surface area (Å²) in [6.45, 7) is 5.64. The molecule has 0 saturated heterocycles. The van der Waals surface area contributed by atoms with E-state index in [1.807, 2.05) is 37.1 Å². The highest BCUT2D eigenvalue weighted by Gasteiger charge is 1.91.